The van der Waals surface area contributed by atoms with E-state index in [1.54, 1.807) is 12.4 Å². The number of nitrogens with zero attached hydrogens (tertiary/aromatic N) is 3. The Kier molecular flexibility index (Phi) is 5.50. The fourth-order valence-corrected chi connectivity index (χ4v) is 3.48. The van der Waals surface area contributed by atoms with Crippen LogP contribution in [0.25, 0.3) is 10.2 Å². The van der Waals surface area contributed by atoms with Crippen LogP contribution in [0.2, 0.25) is 0 Å². The van der Waals surface area contributed by atoms with Gasteiger partial charge in [-0.05, 0) is 26.3 Å². The van der Waals surface area contributed by atoms with Crippen LogP contribution < -0.4 is 10.2 Å². The first kappa shape index (κ1) is 17.1. The van der Waals surface area contributed by atoms with Crippen LogP contribution in [0, 0.1) is 6.92 Å². The van der Waals surface area contributed by atoms with Gasteiger partial charge in [0.2, 0.25) is 0 Å². The second-order valence-corrected chi connectivity index (χ2v) is 6.40. The highest BCUT2D eigenvalue weighted by molar-refractivity contribution is 7.20. The van der Waals surface area contributed by atoms with Crippen LogP contribution in [-0.2, 0) is 0 Å². The van der Waals surface area contributed by atoms with Crippen LogP contribution in [0.3, 0.4) is 0 Å². The molecule has 0 spiro atoms. The van der Waals surface area contributed by atoms with E-state index in [1.165, 1.54) is 11.3 Å². The first-order valence-electron chi connectivity index (χ1n) is 7.52. The van der Waals surface area contributed by atoms with Crippen molar-refractivity contribution in [1.82, 2.24) is 15.3 Å². The summed E-state index contributed by atoms with van der Waals surface area (Å²) in [5, 5.41) is 3.77. The monoisotopic (exact) mass is 330 g/mol. The van der Waals surface area contributed by atoms with Crippen molar-refractivity contribution >= 4 is 33.3 Å². The second kappa shape index (κ2) is 7.37. The zero-order valence-electron chi connectivity index (χ0n) is 13.8. The Balaban J connectivity index is 2.51. The van der Waals surface area contributed by atoms with Crippen LogP contribution in [-0.4, -0.2) is 35.5 Å². The topological polar surface area (TPSA) is 58.1 Å². The van der Waals surface area contributed by atoms with Gasteiger partial charge >= 0.3 is 0 Å². The highest BCUT2D eigenvalue weighted by Gasteiger charge is 2.21. The summed E-state index contributed by atoms with van der Waals surface area (Å²) in [5.74, 6) is 0.760. The van der Waals surface area contributed by atoms with Crippen molar-refractivity contribution < 1.29 is 4.79 Å². The minimum Gasteiger partial charge on any atom is -0.352 e. The van der Waals surface area contributed by atoms with E-state index < -0.39 is 0 Å². The number of carbonyl (C=O) groups is 1. The quantitative estimate of drug-likeness (QED) is 0.791. The Hall–Kier alpha value is -2.21. The van der Waals surface area contributed by atoms with Crippen molar-refractivity contribution in [3.63, 3.8) is 0 Å². The number of thiophene rings is 1. The van der Waals surface area contributed by atoms with E-state index >= 15 is 0 Å². The van der Waals surface area contributed by atoms with Gasteiger partial charge in [0, 0.05) is 19.6 Å². The molecule has 5 nitrogen and oxygen atoms in total. The summed E-state index contributed by atoms with van der Waals surface area (Å²) >= 11 is 1.40. The summed E-state index contributed by atoms with van der Waals surface area (Å²) < 4.78 is 0. The fraction of sp³-hybridized carbons (Fsp3) is 0.353. The van der Waals surface area contributed by atoms with E-state index in [9.17, 15) is 4.79 Å². The molecule has 2 aromatic rings. The van der Waals surface area contributed by atoms with Crippen molar-refractivity contribution in [1.29, 1.82) is 0 Å². The number of carbonyl (C=O) groups excluding carboxylic acids is 1. The van der Waals surface area contributed by atoms with E-state index in [2.05, 4.69) is 40.3 Å². The molecule has 6 heteroatoms. The van der Waals surface area contributed by atoms with Gasteiger partial charge in [0.1, 0.15) is 17.0 Å². The lowest BCUT2D eigenvalue weighted by molar-refractivity contribution is 0.0961. The molecule has 1 N–H and O–H groups in total. The molecule has 2 aromatic heterocycles. The molecule has 0 aromatic carbocycles. The number of fused-ring (bicyclic) bond motifs is 1. The molecule has 23 heavy (non-hydrogen) atoms. The molecule has 0 aliphatic heterocycles. The van der Waals surface area contributed by atoms with Crippen molar-refractivity contribution in [3.8, 4) is 0 Å². The molecule has 0 saturated heterocycles. The van der Waals surface area contributed by atoms with Crippen molar-refractivity contribution in [2.45, 2.75) is 20.8 Å². The van der Waals surface area contributed by atoms with Gasteiger partial charge < -0.3 is 10.2 Å². The predicted molar refractivity (Wildman–Crippen MR) is 97.4 cm³/mol. The number of likely N-dealkylation sites (N-methyl/N-ethyl adjacent to an activating group) is 1. The Morgan fingerprint density at radius 2 is 2.22 bits per heavy atom. The van der Waals surface area contributed by atoms with E-state index in [0.29, 0.717) is 11.4 Å². The summed E-state index contributed by atoms with van der Waals surface area (Å²) in [6.07, 6.45) is 3.22. The summed E-state index contributed by atoms with van der Waals surface area (Å²) in [7, 11) is 0. The molecular weight excluding hydrogens is 308 g/mol. The van der Waals surface area contributed by atoms with Gasteiger partial charge in [0.25, 0.3) is 5.91 Å². The maximum absolute atomic E-state index is 12.3. The Bertz CT molecular complexity index is 750. The summed E-state index contributed by atoms with van der Waals surface area (Å²) in [6.45, 7) is 15.6. The van der Waals surface area contributed by atoms with Crippen LogP contribution in [0.1, 0.15) is 29.1 Å². The van der Waals surface area contributed by atoms with Gasteiger partial charge in [-0.1, -0.05) is 18.2 Å². The number of nitrogens with one attached hydrogen (secondary N) is 1. The van der Waals surface area contributed by atoms with E-state index in [0.717, 1.165) is 40.3 Å². The lowest BCUT2D eigenvalue weighted by atomic mass is 10.1. The zero-order chi connectivity index (χ0) is 17.0. The average Bonchev–Trinajstić information content (AvgIpc) is 2.87. The van der Waals surface area contributed by atoms with Crippen molar-refractivity contribution in [2.24, 2.45) is 0 Å². The zero-order valence-corrected chi connectivity index (χ0v) is 14.7. The lowest BCUT2D eigenvalue weighted by Gasteiger charge is -2.22. The third-order valence-corrected chi connectivity index (χ3v) is 4.66. The normalized spacial score (nSPS) is 10.6. The number of anilines is 1. The van der Waals surface area contributed by atoms with Gasteiger partial charge in [-0.3, -0.25) is 4.79 Å². The van der Waals surface area contributed by atoms with E-state index in [-0.39, 0.29) is 5.91 Å². The predicted octanol–water partition coefficient (Wildman–Crippen LogP) is 3.32. The third-order valence-electron chi connectivity index (χ3n) is 3.46. The Labute approximate surface area is 140 Å². The van der Waals surface area contributed by atoms with Crippen LogP contribution in [0.15, 0.2) is 31.1 Å². The SMILES string of the molecule is C=CCNC(=O)c1sc2ncnc(N(CC)CC(=C)C)c2c1C. The van der Waals surface area contributed by atoms with Crippen molar-refractivity contribution in [3.05, 3.63) is 41.6 Å². The highest BCUT2D eigenvalue weighted by Crippen LogP contribution is 2.34. The summed E-state index contributed by atoms with van der Waals surface area (Å²) in [6, 6.07) is 0. The number of aryl methyl sites for hydroxylation is 1. The van der Waals surface area contributed by atoms with Gasteiger partial charge in [0.05, 0.1) is 10.3 Å². The minimum absolute atomic E-state index is 0.0979. The summed E-state index contributed by atoms with van der Waals surface area (Å²) in [4.78, 5) is 24.8. The molecule has 0 fully saturated rings. The molecular formula is C17H22N4OS. The fourth-order valence-electron chi connectivity index (χ4n) is 2.42. The average molecular weight is 330 g/mol. The van der Waals surface area contributed by atoms with Crippen LogP contribution in [0.4, 0.5) is 5.82 Å². The third kappa shape index (κ3) is 3.59. The number of hydrogen-bond acceptors (Lipinski definition) is 5. The first-order valence-corrected chi connectivity index (χ1v) is 8.33. The lowest BCUT2D eigenvalue weighted by Crippen LogP contribution is -2.26. The Morgan fingerprint density at radius 1 is 1.48 bits per heavy atom. The maximum Gasteiger partial charge on any atom is 0.261 e. The van der Waals surface area contributed by atoms with E-state index in [4.69, 9.17) is 0 Å². The largest absolute Gasteiger partial charge is 0.352 e. The van der Waals surface area contributed by atoms with Crippen molar-refractivity contribution in [2.75, 3.05) is 24.5 Å². The number of rotatable bonds is 7. The molecule has 2 heterocycles. The van der Waals surface area contributed by atoms with Crippen LogP contribution >= 0.6 is 11.3 Å². The molecule has 122 valence electrons. The highest BCUT2D eigenvalue weighted by atomic mass is 32.1. The molecule has 0 saturated carbocycles. The molecule has 0 aliphatic carbocycles. The number of aromatic nitrogens is 2. The standard InChI is InChI=1S/C17H22N4OS/c1-6-8-18-16(22)14-12(5)13-15(19-10-20-17(13)23-14)21(7-2)9-11(3)4/h6,10H,1,3,7-9H2,2,4-5H3,(H,18,22). The molecule has 0 unspecified atom stereocenters. The maximum atomic E-state index is 12.3. The molecule has 0 bridgehead atoms. The van der Waals surface area contributed by atoms with E-state index in [1.807, 2.05) is 13.8 Å². The van der Waals surface area contributed by atoms with Gasteiger partial charge in [0.15, 0.2) is 0 Å². The first-order chi connectivity index (χ1) is 11.0. The van der Waals surface area contributed by atoms with Gasteiger partial charge in [-0.25, -0.2) is 9.97 Å². The summed E-state index contributed by atoms with van der Waals surface area (Å²) in [5.41, 5.74) is 1.98. The Morgan fingerprint density at radius 3 is 2.83 bits per heavy atom. The minimum atomic E-state index is -0.0979. The number of hydrogen-bond donors (Lipinski definition) is 1. The molecule has 0 aliphatic rings. The molecule has 0 radical (unpaired) electrons. The van der Waals surface area contributed by atoms with Gasteiger partial charge in [-0.15, -0.1) is 17.9 Å². The number of amides is 1. The van der Waals surface area contributed by atoms with Gasteiger partial charge in [-0.2, -0.15) is 0 Å². The van der Waals surface area contributed by atoms with Crippen LogP contribution in [0.5, 0.6) is 0 Å². The molecule has 0 atom stereocenters. The molecule has 1 amide bonds. The second-order valence-electron chi connectivity index (χ2n) is 5.40. The molecule has 2 rings (SSSR count). The smallest absolute Gasteiger partial charge is 0.261 e.